The van der Waals surface area contributed by atoms with Gasteiger partial charge in [-0.1, -0.05) is 74.7 Å². The second-order valence-electron chi connectivity index (χ2n) is 12.7. The van der Waals surface area contributed by atoms with E-state index in [1.807, 2.05) is 36.4 Å². The van der Waals surface area contributed by atoms with E-state index in [0.717, 1.165) is 62.9 Å². The molecule has 11 nitrogen and oxygen atoms in total. The number of hydrogen-bond donors (Lipinski definition) is 4. The van der Waals surface area contributed by atoms with Gasteiger partial charge >= 0.3 is 0 Å². The van der Waals surface area contributed by atoms with Gasteiger partial charge in [0.2, 0.25) is 17.7 Å². The lowest BCUT2D eigenvalue weighted by Crippen LogP contribution is -2.51. The van der Waals surface area contributed by atoms with E-state index in [9.17, 15) is 19.2 Å². The van der Waals surface area contributed by atoms with Crippen LogP contribution in [0.15, 0.2) is 60.8 Å². The highest BCUT2D eigenvalue weighted by Crippen LogP contribution is 2.27. The van der Waals surface area contributed by atoms with Crippen molar-refractivity contribution >= 4 is 23.6 Å². The van der Waals surface area contributed by atoms with Crippen LogP contribution in [-0.2, 0) is 47.5 Å². The maximum Gasteiger partial charge on any atom is 0.270 e. The van der Waals surface area contributed by atoms with Gasteiger partial charge in [0.15, 0.2) is 0 Å². The average molecular weight is 642 g/mol. The molecule has 4 N–H and O–H groups in total. The van der Waals surface area contributed by atoms with Crippen LogP contribution in [0.1, 0.15) is 78.2 Å². The van der Waals surface area contributed by atoms with Crippen molar-refractivity contribution in [3.05, 3.63) is 88.7 Å². The molecule has 2 aromatic carbocycles. The summed E-state index contributed by atoms with van der Waals surface area (Å²) in [6.45, 7) is 5.03. The fraction of sp³-hybridized carbons (Fsp3) is 0.472. The van der Waals surface area contributed by atoms with Gasteiger partial charge in [-0.05, 0) is 47.1 Å². The average Bonchev–Trinajstić information content (AvgIpc) is 3.72. The minimum Gasteiger partial charge on any atom is -0.353 e. The molecule has 2 aliphatic rings. The van der Waals surface area contributed by atoms with Crippen LogP contribution in [-0.4, -0.2) is 63.5 Å². The summed E-state index contributed by atoms with van der Waals surface area (Å²) in [6, 6.07) is 16.4. The largest absolute Gasteiger partial charge is 0.353 e. The molecule has 0 bridgehead atoms. The molecular formula is C36H47N7O4. The molecule has 0 saturated heterocycles. The number of nitrogens with zero attached hydrogens (tertiary/aromatic N) is 3. The number of carbonyl (C=O) groups excluding carboxylic acids is 4. The number of benzene rings is 2. The molecular weight excluding hydrogens is 594 g/mol. The van der Waals surface area contributed by atoms with Crippen molar-refractivity contribution in [3.8, 4) is 0 Å². The standard InChI is InChI=1S/C36H47N7O4/c1-3-32(44)40-30(34(45)37-19-20-43-23-28-11-7-8-12-29(28)24-43)21-25-13-15-26(16-14-25)22-38-36(47)33(27-9-5-4-6-10-27)41-35(46)31-17-18-39-42(31)2/h7-8,11-18,27,30,33H,3-6,9-10,19-24H2,1-2H3,(H,37,45)(H,38,47)(H,40,44)(H,41,46)/t30-,33+/m1/s1. The minimum absolute atomic E-state index is 0.0800. The van der Waals surface area contributed by atoms with Gasteiger partial charge in [0.1, 0.15) is 17.8 Å². The molecule has 4 amide bonds. The van der Waals surface area contributed by atoms with Crippen molar-refractivity contribution in [2.24, 2.45) is 13.0 Å². The molecule has 1 fully saturated rings. The zero-order valence-electron chi connectivity index (χ0n) is 27.5. The lowest BCUT2D eigenvalue weighted by Gasteiger charge is -2.30. The Labute approximate surface area is 276 Å². The number of rotatable bonds is 14. The lowest BCUT2D eigenvalue weighted by molar-refractivity contribution is -0.128. The molecule has 1 aliphatic carbocycles. The van der Waals surface area contributed by atoms with Crippen molar-refractivity contribution in [2.75, 3.05) is 13.1 Å². The first-order valence-corrected chi connectivity index (χ1v) is 16.8. The van der Waals surface area contributed by atoms with Gasteiger partial charge in [-0.25, -0.2) is 0 Å². The summed E-state index contributed by atoms with van der Waals surface area (Å²) in [5.74, 6) is -0.815. The number of nitrogens with one attached hydrogen (secondary N) is 4. The first-order valence-electron chi connectivity index (χ1n) is 16.8. The summed E-state index contributed by atoms with van der Waals surface area (Å²) in [4.78, 5) is 54.1. The van der Waals surface area contributed by atoms with E-state index in [4.69, 9.17) is 0 Å². The predicted octanol–water partition coefficient (Wildman–Crippen LogP) is 2.98. The number of carbonyl (C=O) groups is 4. The summed E-state index contributed by atoms with van der Waals surface area (Å²) in [5.41, 5.74) is 4.86. The van der Waals surface area contributed by atoms with Gasteiger partial charge in [-0.3, -0.25) is 28.8 Å². The number of amides is 4. The van der Waals surface area contributed by atoms with Crippen LogP contribution >= 0.6 is 0 Å². The van der Waals surface area contributed by atoms with E-state index >= 15 is 0 Å². The molecule has 1 aromatic heterocycles. The first-order chi connectivity index (χ1) is 22.8. The maximum atomic E-state index is 13.4. The molecule has 3 aromatic rings. The lowest BCUT2D eigenvalue weighted by atomic mass is 9.83. The molecule has 1 aliphatic heterocycles. The Balaban J connectivity index is 1.14. The van der Waals surface area contributed by atoms with Crippen molar-refractivity contribution in [2.45, 2.75) is 83.6 Å². The van der Waals surface area contributed by atoms with Crippen LogP contribution in [0.2, 0.25) is 0 Å². The van der Waals surface area contributed by atoms with E-state index < -0.39 is 12.1 Å². The van der Waals surface area contributed by atoms with E-state index in [2.05, 4.69) is 43.4 Å². The fourth-order valence-corrected chi connectivity index (χ4v) is 6.53. The third-order valence-corrected chi connectivity index (χ3v) is 9.28. The topological polar surface area (TPSA) is 137 Å². The highest BCUT2D eigenvalue weighted by Gasteiger charge is 2.31. The van der Waals surface area contributed by atoms with Crippen LogP contribution in [0, 0.1) is 5.92 Å². The minimum atomic E-state index is -0.692. The second kappa shape index (κ2) is 16.4. The van der Waals surface area contributed by atoms with Crippen molar-refractivity contribution in [1.82, 2.24) is 35.9 Å². The summed E-state index contributed by atoms with van der Waals surface area (Å²) in [5, 5.41) is 16.0. The SMILES string of the molecule is CCC(=O)N[C@H](Cc1ccc(CNC(=O)[C@@H](NC(=O)c2ccnn2C)C2CCCCC2)cc1)C(=O)NCCN1Cc2ccccc2C1. The van der Waals surface area contributed by atoms with Gasteiger partial charge in [0.25, 0.3) is 5.91 Å². The van der Waals surface area contributed by atoms with Crippen molar-refractivity contribution < 1.29 is 19.2 Å². The molecule has 1 saturated carbocycles. The third-order valence-electron chi connectivity index (χ3n) is 9.28. The fourth-order valence-electron chi connectivity index (χ4n) is 6.53. The van der Waals surface area contributed by atoms with Crippen LogP contribution in [0.5, 0.6) is 0 Å². The quantitative estimate of drug-likeness (QED) is 0.214. The van der Waals surface area contributed by atoms with Crippen LogP contribution in [0.4, 0.5) is 0 Å². The van der Waals surface area contributed by atoms with Gasteiger partial charge in [0.05, 0.1) is 0 Å². The second-order valence-corrected chi connectivity index (χ2v) is 12.7. The van der Waals surface area contributed by atoms with E-state index in [1.54, 1.807) is 26.2 Å². The first kappa shape index (κ1) is 33.8. The molecule has 0 spiro atoms. The van der Waals surface area contributed by atoms with E-state index in [0.29, 0.717) is 31.6 Å². The van der Waals surface area contributed by atoms with Gasteiger partial charge < -0.3 is 21.3 Å². The van der Waals surface area contributed by atoms with Crippen LogP contribution < -0.4 is 21.3 Å². The Morgan fingerprint density at radius 1 is 0.851 bits per heavy atom. The maximum absolute atomic E-state index is 13.4. The number of fused-ring (bicyclic) bond motifs is 1. The Bertz CT molecular complexity index is 1510. The van der Waals surface area contributed by atoms with Crippen molar-refractivity contribution in [1.29, 1.82) is 0 Å². The molecule has 0 unspecified atom stereocenters. The summed E-state index contributed by atoms with van der Waals surface area (Å²) in [7, 11) is 1.70. The van der Waals surface area contributed by atoms with Gasteiger partial charge in [-0.2, -0.15) is 5.10 Å². The van der Waals surface area contributed by atoms with Crippen LogP contribution in [0.25, 0.3) is 0 Å². The highest BCUT2D eigenvalue weighted by atomic mass is 16.2. The Morgan fingerprint density at radius 3 is 2.17 bits per heavy atom. The third kappa shape index (κ3) is 9.28. The molecule has 2 atom stereocenters. The molecule has 250 valence electrons. The zero-order valence-corrected chi connectivity index (χ0v) is 27.5. The van der Waals surface area contributed by atoms with Crippen LogP contribution in [0.3, 0.4) is 0 Å². The number of hydrogen-bond acceptors (Lipinski definition) is 6. The summed E-state index contributed by atoms with van der Waals surface area (Å²) < 4.78 is 1.50. The van der Waals surface area contributed by atoms with Crippen molar-refractivity contribution in [3.63, 3.8) is 0 Å². The molecule has 5 rings (SSSR count). The summed E-state index contributed by atoms with van der Waals surface area (Å²) in [6.07, 6.45) is 7.23. The van der Waals surface area contributed by atoms with E-state index in [-0.39, 0.29) is 29.5 Å². The van der Waals surface area contributed by atoms with Gasteiger partial charge in [0, 0.05) is 58.8 Å². The Kier molecular flexibility index (Phi) is 11.8. The number of aromatic nitrogens is 2. The highest BCUT2D eigenvalue weighted by molar-refractivity contribution is 5.96. The smallest absolute Gasteiger partial charge is 0.270 e. The predicted molar refractivity (Wildman–Crippen MR) is 179 cm³/mol. The number of aryl methyl sites for hydroxylation is 1. The Hall–Kier alpha value is -4.51. The molecule has 0 radical (unpaired) electrons. The monoisotopic (exact) mass is 641 g/mol. The zero-order chi connectivity index (χ0) is 33.2. The molecule has 47 heavy (non-hydrogen) atoms. The molecule has 11 heteroatoms. The van der Waals surface area contributed by atoms with Gasteiger partial charge in [-0.15, -0.1) is 0 Å². The normalized spacial score (nSPS) is 16.1. The summed E-state index contributed by atoms with van der Waals surface area (Å²) >= 11 is 0. The Morgan fingerprint density at radius 2 is 1.53 bits per heavy atom. The van der Waals surface area contributed by atoms with E-state index in [1.165, 1.54) is 15.8 Å². The molecule has 2 heterocycles.